The molecule has 0 aromatic heterocycles. The molecule has 0 aliphatic carbocycles. The zero-order valence-electron chi connectivity index (χ0n) is 15.1. The van der Waals surface area contributed by atoms with E-state index in [1.165, 1.54) is 4.90 Å². The van der Waals surface area contributed by atoms with Crippen LogP contribution in [-0.4, -0.2) is 39.2 Å². The van der Waals surface area contributed by atoms with E-state index in [4.69, 9.17) is 11.6 Å². The van der Waals surface area contributed by atoms with Crippen molar-refractivity contribution in [1.29, 1.82) is 0 Å². The number of nitrogens with zero attached hydrogens (tertiary/aromatic N) is 1. The monoisotopic (exact) mass is 394 g/mol. The molecule has 0 aliphatic heterocycles. The lowest BCUT2D eigenvalue weighted by atomic mass is 10.1. The number of hydrogen-bond donors (Lipinski definition) is 1. The average Bonchev–Trinajstić information content (AvgIpc) is 2.61. The van der Waals surface area contributed by atoms with Gasteiger partial charge in [-0.25, -0.2) is 8.42 Å². The van der Waals surface area contributed by atoms with Crippen LogP contribution in [-0.2, 0) is 16.4 Å². The van der Waals surface area contributed by atoms with Gasteiger partial charge in [0.15, 0.2) is 0 Å². The predicted octanol–water partition coefficient (Wildman–Crippen LogP) is 3.67. The number of carbonyl (C=O) groups excluding carboxylic acids is 1. The van der Waals surface area contributed by atoms with Gasteiger partial charge in [0.1, 0.15) is 0 Å². The Bertz CT molecular complexity index is 878. The van der Waals surface area contributed by atoms with Gasteiger partial charge in [-0.2, -0.15) is 0 Å². The molecule has 1 N–H and O–H groups in total. The number of carbonyl (C=O) groups is 1. The normalized spacial score (nSPS) is 11.2. The number of hydrogen-bond acceptors (Lipinski definition) is 3. The summed E-state index contributed by atoms with van der Waals surface area (Å²) < 4.78 is 27.9. The SMILES string of the molecule is Cc1ccc(C(=O)N(C)C)cc1NS(=O)(=O)c1ccc(CCCCl)cc1. The Morgan fingerprint density at radius 3 is 2.35 bits per heavy atom. The Morgan fingerprint density at radius 1 is 1.12 bits per heavy atom. The molecule has 0 heterocycles. The maximum atomic E-state index is 12.7. The maximum Gasteiger partial charge on any atom is 0.261 e. The first-order valence-corrected chi connectivity index (χ1v) is 10.3. The minimum atomic E-state index is -3.74. The fourth-order valence-corrected chi connectivity index (χ4v) is 3.69. The van der Waals surface area contributed by atoms with E-state index in [1.807, 2.05) is 0 Å². The van der Waals surface area contributed by atoms with E-state index < -0.39 is 10.0 Å². The van der Waals surface area contributed by atoms with Crippen molar-refractivity contribution in [3.8, 4) is 0 Å². The fourth-order valence-electron chi connectivity index (χ4n) is 2.43. The number of anilines is 1. The van der Waals surface area contributed by atoms with Crippen molar-refractivity contribution in [1.82, 2.24) is 4.90 Å². The molecular weight excluding hydrogens is 372 g/mol. The van der Waals surface area contributed by atoms with Gasteiger partial charge in [-0.05, 0) is 55.2 Å². The molecule has 2 rings (SSSR count). The molecule has 0 saturated heterocycles. The molecule has 0 aliphatic rings. The summed E-state index contributed by atoms with van der Waals surface area (Å²) in [4.78, 5) is 13.7. The summed E-state index contributed by atoms with van der Waals surface area (Å²) in [5, 5.41) is 0. The van der Waals surface area contributed by atoms with E-state index in [0.717, 1.165) is 24.0 Å². The van der Waals surface area contributed by atoms with E-state index in [-0.39, 0.29) is 10.8 Å². The minimum Gasteiger partial charge on any atom is -0.345 e. The van der Waals surface area contributed by atoms with Crippen molar-refractivity contribution in [2.75, 3.05) is 24.7 Å². The Hall–Kier alpha value is -2.05. The molecule has 0 radical (unpaired) electrons. The summed E-state index contributed by atoms with van der Waals surface area (Å²) in [6, 6.07) is 11.7. The number of benzene rings is 2. The molecule has 0 fully saturated rings. The van der Waals surface area contributed by atoms with Gasteiger partial charge >= 0.3 is 0 Å². The predicted molar refractivity (Wildman–Crippen MR) is 105 cm³/mol. The summed E-state index contributed by atoms with van der Waals surface area (Å²) in [6.45, 7) is 1.79. The lowest BCUT2D eigenvalue weighted by Crippen LogP contribution is -2.22. The summed E-state index contributed by atoms with van der Waals surface area (Å²) >= 11 is 5.68. The second-order valence-corrected chi connectivity index (χ2v) is 8.33. The maximum absolute atomic E-state index is 12.7. The van der Waals surface area contributed by atoms with Crippen LogP contribution in [0.3, 0.4) is 0 Å². The first-order chi connectivity index (χ1) is 12.2. The molecule has 0 spiro atoms. The third-order valence-electron chi connectivity index (χ3n) is 3.97. The van der Waals surface area contributed by atoms with Crippen LogP contribution in [0.25, 0.3) is 0 Å². The molecule has 0 unspecified atom stereocenters. The second kappa shape index (κ2) is 8.56. The zero-order chi connectivity index (χ0) is 19.3. The van der Waals surface area contributed by atoms with Crippen molar-refractivity contribution in [3.63, 3.8) is 0 Å². The number of rotatable bonds is 7. The molecule has 26 heavy (non-hydrogen) atoms. The number of amides is 1. The van der Waals surface area contributed by atoms with E-state index in [2.05, 4.69) is 4.72 Å². The van der Waals surface area contributed by atoms with Gasteiger partial charge in [-0.3, -0.25) is 9.52 Å². The highest BCUT2D eigenvalue weighted by atomic mass is 35.5. The summed E-state index contributed by atoms with van der Waals surface area (Å²) in [5.41, 5.74) is 2.60. The van der Waals surface area contributed by atoms with Crippen LogP contribution in [0.15, 0.2) is 47.4 Å². The van der Waals surface area contributed by atoms with Crippen molar-refractivity contribution in [3.05, 3.63) is 59.2 Å². The van der Waals surface area contributed by atoms with Gasteiger partial charge in [-0.15, -0.1) is 11.6 Å². The number of nitrogens with one attached hydrogen (secondary N) is 1. The first-order valence-electron chi connectivity index (χ1n) is 8.24. The van der Waals surface area contributed by atoms with Crippen molar-refractivity contribution < 1.29 is 13.2 Å². The minimum absolute atomic E-state index is 0.177. The van der Waals surface area contributed by atoms with E-state index in [0.29, 0.717) is 17.1 Å². The van der Waals surface area contributed by atoms with Crippen molar-refractivity contribution >= 4 is 33.2 Å². The van der Waals surface area contributed by atoms with Crippen LogP contribution >= 0.6 is 11.6 Å². The lowest BCUT2D eigenvalue weighted by Gasteiger charge is -2.14. The molecule has 2 aromatic carbocycles. The molecule has 7 heteroatoms. The van der Waals surface area contributed by atoms with Gasteiger partial charge < -0.3 is 4.90 Å². The number of sulfonamides is 1. The summed E-state index contributed by atoms with van der Waals surface area (Å²) in [5.74, 6) is 0.386. The lowest BCUT2D eigenvalue weighted by molar-refractivity contribution is 0.0827. The fraction of sp³-hybridized carbons (Fsp3) is 0.316. The Labute approximate surface area is 160 Å². The molecule has 5 nitrogen and oxygen atoms in total. The molecule has 1 amide bonds. The number of aryl methyl sites for hydroxylation is 2. The smallest absolute Gasteiger partial charge is 0.261 e. The highest BCUT2D eigenvalue weighted by Gasteiger charge is 2.17. The first kappa shape index (κ1) is 20.3. The average molecular weight is 395 g/mol. The molecular formula is C19H23ClN2O3S. The third-order valence-corrected chi connectivity index (χ3v) is 5.62. The quantitative estimate of drug-likeness (QED) is 0.728. The van der Waals surface area contributed by atoms with Crippen LogP contribution in [0.1, 0.15) is 27.9 Å². The van der Waals surface area contributed by atoms with Gasteiger partial charge in [0.2, 0.25) is 0 Å². The Kier molecular flexibility index (Phi) is 6.67. The Morgan fingerprint density at radius 2 is 1.77 bits per heavy atom. The van der Waals surface area contributed by atoms with Crippen molar-refractivity contribution in [2.45, 2.75) is 24.7 Å². The molecule has 0 atom stereocenters. The molecule has 2 aromatic rings. The van der Waals surface area contributed by atoms with E-state index in [1.54, 1.807) is 63.5 Å². The topological polar surface area (TPSA) is 66.5 Å². The van der Waals surface area contributed by atoms with Crippen LogP contribution in [0.5, 0.6) is 0 Å². The van der Waals surface area contributed by atoms with E-state index in [9.17, 15) is 13.2 Å². The number of alkyl halides is 1. The number of halogens is 1. The summed E-state index contributed by atoms with van der Waals surface area (Å²) in [6.07, 6.45) is 1.66. The van der Waals surface area contributed by atoms with Gasteiger partial charge in [-0.1, -0.05) is 18.2 Å². The van der Waals surface area contributed by atoms with Gasteiger partial charge in [0.05, 0.1) is 10.6 Å². The van der Waals surface area contributed by atoms with Crippen LogP contribution < -0.4 is 4.72 Å². The molecule has 0 saturated carbocycles. The summed E-state index contributed by atoms with van der Waals surface area (Å²) in [7, 11) is -0.436. The zero-order valence-corrected chi connectivity index (χ0v) is 16.7. The van der Waals surface area contributed by atoms with Crippen LogP contribution in [0, 0.1) is 6.92 Å². The Balaban J connectivity index is 2.26. The van der Waals surface area contributed by atoms with Crippen LogP contribution in [0.2, 0.25) is 0 Å². The van der Waals surface area contributed by atoms with Crippen LogP contribution in [0.4, 0.5) is 5.69 Å². The molecule has 140 valence electrons. The second-order valence-electron chi connectivity index (χ2n) is 6.27. The van der Waals surface area contributed by atoms with Gasteiger partial charge in [0, 0.05) is 25.5 Å². The van der Waals surface area contributed by atoms with E-state index >= 15 is 0 Å². The van der Waals surface area contributed by atoms with Gasteiger partial charge in [0.25, 0.3) is 15.9 Å². The molecule has 0 bridgehead atoms. The highest BCUT2D eigenvalue weighted by Crippen LogP contribution is 2.22. The largest absolute Gasteiger partial charge is 0.345 e. The highest BCUT2D eigenvalue weighted by molar-refractivity contribution is 7.92. The third kappa shape index (κ3) is 4.99. The van der Waals surface area contributed by atoms with Crippen molar-refractivity contribution in [2.24, 2.45) is 0 Å². The standard InChI is InChI=1S/C19H23ClN2O3S/c1-14-6-9-16(19(23)22(2)3)13-18(14)21-26(24,25)17-10-7-15(8-11-17)5-4-12-20/h6-11,13,21H,4-5,12H2,1-3H3.